The maximum Gasteiger partial charge on any atom is 0.132 e. The molecule has 2 bridgehead atoms. The van der Waals surface area contributed by atoms with E-state index in [1.165, 1.54) is 25.7 Å². The van der Waals surface area contributed by atoms with Gasteiger partial charge >= 0.3 is 0 Å². The lowest BCUT2D eigenvalue weighted by atomic mass is 9.98. The summed E-state index contributed by atoms with van der Waals surface area (Å²) in [6, 6.07) is 4.18. The van der Waals surface area contributed by atoms with Crippen molar-refractivity contribution in [3.63, 3.8) is 0 Å². The molecule has 104 valence electrons. The molecule has 0 amide bonds. The molecule has 0 radical (unpaired) electrons. The molecule has 4 heteroatoms. The van der Waals surface area contributed by atoms with Crippen molar-refractivity contribution in [3.05, 3.63) is 17.6 Å². The molecule has 1 aromatic rings. The average Bonchev–Trinajstić information content (AvgIpc) is 2.75. The molecule has 2 aliphatic heterocycles. The third-order valence-electron chi connectivity index (χ3n) is 4.56. The van der Waals surface area contributed by atoms with Gasteiger partial charge in [0.05, 0.1) is 0 Å². The quantitative estimate of drug-likeness (QED) is 0.903. The van der Waals surface area contributed by atoms with Gasteiger partial charge in [0.15, 0.2) is 0 Å². The van der Waals surface area contributed by atoms with Crippen molar-refractivity contribution >= 4 is 5.82 Å². The lowest BCUT2D eigenvalue weighted by molar-refractivity contribution is 0.353. The Bertz CT molecular complexity index is 447. The Morgan fingerprint density at radius 1 is 1.26 bits per heavy atom. The van der Waals surface area contributed by atoms with Crippen molar-refractivity contribution in [1.29, 1.82) is 0 Å². The van der Waals surface area contributed by atoms with Crippen molar-refractivity contribution in [2.24, 2.45) is 0 Å². The smallest absolute Gasteiger partial charge is 0.132 e. The zero-order chi connectivity index (χ0) is 13.4. The molecule has 0 spiro atoms. The van der Waals surface area contributed by atoms with Gasteiger partial charge < -0.3 is 10.2 Å². The van der Waals surface area contributed by atoms with E-state index in [0.29, 0.717) is 6.04 Å². The maximum absolute atomic E-state index is 4.69. The minimum atomic E-state index is 0.623. The largest absolute Gasteiger partial charge is 0.356 e. The Balaban J connectivity index is 1.79. The molecule has 2 aliphatic rings. The van der Waals surface area contributed by atoms with Gasteiger partial charge in [-0.05, 0) is 32.6 Å². The number of aromatic nitrogens is 2. The standard InChI is InChI=1S/C15H24N4/c1-4-14-16-10(2)7-15(18-14)19(3)13-8-11-5-6-12(9-13)17-11/h7,11-13,17H,4-6,8-9H2,1-3H3. The van der Waals surface area contributed by atoms with Gasteiger partial charge in [-0.25, -0.2) is 9.97 Å². The van der Waals surface area contributed by atoms with E-state index in [4.69, 9.17) is 4.98 Å². The summed E-state index contributed by atoms with van der Waals surface area (Å²) in [4.78, 5) is 11.5. The second-order valence-corrected chi connectivity index (χ2v) is 6.01. The fraction of sp³-hybridized carbons (Fsp3) is 0.733. The molecular formula is C15H24N4. The van der Waals surface area contributed by atoms with Gasteiger partial charge in [-0.1, -0.05) is 6.92 Å². The lowest BCUT2D eigenvalue weighted by Crippen LogP contribution is -2.47. The molecule has 19 heavy (non-hydrogen) atoms. The van der Waals surface area contributed by atoms with Crippen LogP contribution in [0.5, 0.6) is 0 Å². The number of hydrogen-bond donors (Lipinski definition) is 1. The van der Waals surface area contributed by atoms with E-state index in [0.717, 1.165) is 35.8 Å². The number of anilines is 1. The highest BCUT2D eigenvalue weighted by atomic mass is 15.2. The fourth-order valence-corrected chi connectivity index (χ4v) is 3.48. The van der Waals surface area contributed by atoms with E-state index in [9.17, 15) is 0 Å². The van der Waals surface area contributed by atoms with Crippen LogP contribution in [0.25, 0.3) is 0 Å². The van der Waals surface area contributed by atoms with E-state index in [1.807, 2.05) is 0 Å². The number of aryl methyl sites for hydroxylation is 2. The topological polar surface area (TPSA) is 41.1 Å². The van der Waals surface area contributed by atoms with Crippen LogP contribution in [0.3, 0.4) is 0 Å². The second-order valence-electron chi connectivity index (χ2n) is 6.01. The Morgan fingerprint density at radius 3 is 2.58 bits per heavy atom. The van der Waals surface area contributed by atoms with Crippen LogP contribution in [-0.4, -0.2) is 35.1 Å². The predicted octanol–water partition coefficient (Wildman–Crippen LogP) is 2.07. The van der Waals surface area contributed by atoms with Crippen LogP contribution in [0, 0.1) is 6.92 Å². The van der Waals surface area contributed by atoms with E-state index in [1.54, 1.807) is 0 Å². The van der Waals surface area contributed by atoms with Gasteiger partial charge in [0.1, 0.15) is 11.6 Å². The van der Waals surface area contributed by atoms with E-state index >= 15 is 0 Å². The Hall–Kier alpha value is -1.16. The summed E-state index contributed by atoms with van der Waals surface area (Å²) in [6.45, 7) is 4.17. The van der Waals surface area contributed by atoms with E-state index in [-0.39, 0.29) is 0 Å². The third-order valence-corrected chi connectivity index (χ3v) is 4.56. The van der Waals surface area contributed by atoms with Crippen LogP contribution >= 0.6 is 0 Å². The minimum Gasteiger partial charge on any atom is -0.356 e. The number of hydrogen-bond acceptors (Lipinski definition) is 4. The van der Waals surface area contributed by atoms with Gasteiger partial charge in [-0.3, -0.25) is 0 Å². The third kappa shape index (κ3) is 2.59. The van der Waals surface area contributed by atoms with Crippen LogP contribution in [0.4, 0.5) is 5.82 Å². The fourth-order valence-electron chi connectivity index (χ4n) is 3.48. The van der Waals surface area contributed by atoms with Crippen molar-refractivity contribution in [2.75, 3.05) is 11.9 Å². The molecule has 2 atom stereocenters. The van der Waals surface area contributed by atoms with Gasteiger partial charge in [0.25, 0.3) is 0 Å². The first-order valence-electron chi connectivity index (χ1n) is 7.49. The first kappa shape index (κ1) is 12.9. The van der Waals surface area contributed by atoms with E-state index < -0.39 is 0 Å². The molecular weight excluding hydrogens is 236 g/mol. The van der Waals surface area contributed by atoms with Gasteiger partial charge in [-0.15, -0.1) is 0 Å². The second kappa shape index (κ2) is 5.08. The molecule has 3 heterocycles. The minimum absolute atomic E-state index is 0.623. The predicted molar refractivity (Wildman–Crippen MR) is 77.5 cm³/mol. The van der Waals surface area contributed by atoms with Crippen LogP contribution in [0.1, 0.15) is 44.1 Å². The summed E-state index contributed by atoms with van der Waals surface area (Å²) in [5.41, 5.74) is 1.07. The highest BCUT2D eigenvalue weighted by molar-refractivity contribution is 5.40. The lowest BCUT2D eigenvalue weighted by Gasteiger charge is -2.36. The zero-order valence-corrected chi connectivity index (χ0v) is 12.2. The molecule has 0 aromatic carbocycles. The van der Waals surface area contributed by atoms with Crippen LogP contribution < -0.4 is 10.2 Å². The van der Waals surface area contributed by atoms with Crippen molar-refractivity contribution in [1.82, 2.24) is 15.3 Å². The highest BCUT2D eigenvalue weighted by Crippen LogP contribution is 2.31. The van der Waals surface area contributed by atoms with Crippen molar-refractivity contribution < 1.29 is 0 Å². The number of nitrogens with one attached hydrogen (secondary N) is 1. The SMILES string of the molecule is CCc1nc(C)cc(N(C)C2CC3CCC(C2)N3)n1. The highest BCUT2D eigenvalue weighted by Gasteiger charge is 2.35. The molecule has 4 nitrogen and oxygen atoms in total. The summed E-state index contributed by atoms with van der Waals surface area (Å²) < 4.78 is 0. The average molecular weight is 260 g/mol. The first-order valence-corrected chi connectivity index (χ1v) is 7.49. The first-order chi connectivity index (χ1) is 9.15. The Kier molecular flexibility index (Phi) is 3.44. The van der Waals surface area contributed by atoms with Crippen LogP contribution in [-0.2, 0) is 6.42 Å². The van der Waals surface area contributed by atoms with Crippen LogP contribution in [0.15, 0.2) is 6.07 Å². The number of nitrogens with zero attached hydrogens (tertiary/aromatic N) is 3. The Labute approximate surface area is 115 Å². The van der Waals surface area contributed by atoms with Gasteiger partial charge in [-0.2, -0.15) is 0 Å². The molecule has 2 saturated heterocycles. The maximum atomic E-state index is 4.69. The van der Waals surface area contributed by atoms with Crippen molar-refractivity contribution in [2.45, 2.75) is 64.1 Å². The number of rotatable bonds is 3. The zero-order valence-electron chi connectivity index (χ0n) is 12.2. The molecule has 3 rings (SSSR count). The normalized spacial score (nSPS) is 29.5. The molecule has 1 aromatic heterocycles. The molecule has 2 fully saturated rings. The summed E-state index contributed by atoms with van der Waals surface area (Å²) in [6.07, 6.45) is 6.09. The molecule has 0 aliphatic carbocycles. The molecule has 1 N–H and O–H groups in total. The molecule has 0 saturated carbocycles. The van der Waals surface area contributed by atoms with Gasteiger partial charge in [0, 0.05) is 43.4 Å². The monoisotopic (exact) mass is 260 g/mol. The molecule has 2 unspecified atom stereocenters. The Morgan fingerprint density at radius 2 is 1.95 bits per heavy atom. The van der Waals surface area contributed by atoms with Crippen LogP contribution in [0.2, 0.25) is 0 Å². The van der Waals surface area contributed by atoms with Crippen molar-refractivity contribution in [3.8, 4) is 0 Å². The summed E-state index contributed by atoms with van der Waals surface area (Å²) in [5, 5.41) is 3.70. The van der Waals surface area contributed by atoms with Gasteiger partial charge in [0.2, 0.25) is 0 Å². The van der Waals surface area contributed by atoms with E-state index in [2.05, 4.69) is 42.2 Å². The number of piperidine rings is 1. The number of fused-ring (bicyclic) bond motifs is 2. The summed E-state index contributed by atoms with van der Waals surface area (Å²) >= 11 is 0. The summed E-state index contributed by atoms with van der Waals surface area (Å²) in [5.74, 6) is 2.05. The summed E-state index contributed by atoms with van der Waals surface area (Å²) in [7, 11) is 2.19.